The van der Waals surface area contributed by atoms with Gasteiger partial charge in [-0.2, -0.15) is 0 Å². The highest BCUT2D eigenvalue weighted by molar-refractivity contribution is 6.04. The number of hydrogen-bond acceptors (Lipinski definition) is 2. The lowest BCUT2D eigenvalue weighted by atomic mass is 10.2. The number of nitrogens with one attached hydrogen (secondary N) is 2. The molecule has 2 aromatic carbocycles. The van der Waals surface area contributed by atoms with E-state index in [0.717, 1.165) is 12.2 Å². The minimum absolute atomic E-state index is 0.303. The van der Waals surface area contributed by atoms with Crippen molar-refractivity contribution in [3.63, 3.8) is 0 Å². The summed E-state index contributed by atoms with van der Waals surface area (Å²) < 4.78 is 13.1. The smallest absolute Gasteiger partial charge is 0.255 e. The van der Waals surface area contributed by atoms with E-state index < -0.39 is 5.82 Å². The van der Waals surface area contributed by atoms with Crippen LogP contribution in [0.1, 0.15) is 24.2 Å². The third-order valence-corrected chi connectivity index (χ3v) is 2.94. The maximum Gasteiger partial charge on any atom is 0.255 e. The number of hydrogen-bond donors (Lipinski definition) is 2. The Morgan fingerprint density at radius 3 is 2.38 bits per heavy atom. The maximum absolute atomic E-state index is 13.1. The van der Waals surface area contributed by atoms with Crippen molar-refractivity contribution in [3.05, 3.63) is 59.9 Å². The number of carbonyl (C=O) groups is 1. The maximum atomic E-state index is 13.1. The number of halogens is 1. The van der Waals surface area contributed by atoms with Gasteiger partial charge in [0.1, 0.15) is 5.82 Å². The molecule has 0 spiro atoms. The second-order valence-electron chi connectivity index (χ2n) is 5.32. The minimum Gasteiger partial charge on any atom is -0.385 e. The van der Waals surface area contributed by atoms with E-state index in [2.05, 4.69) is 24.5 Å². The fourth-order valence-electron chi connectivity index (χ4n) is 1.83. The molecule has 2 N–H and O–H groups in total. The van der Waals surface area contributed by atoms with Crippen LogP contribution in [0, 0.1) is 11.7 Å². The normalized spacial score (nSPS) is 10.5. The Morgan fingerprint density at radius 2 is 1.76 bits per heavy atom. The van der Waals surface area contributed by atoms with Crippen LogP contribution in [0.4, 0.5) is 15.8 Å². The minimum atomic E-state index is -0.420. The first-order valence-electron chi connectivity index (χ1n) is 6.95. The summed E-state index contributed by atoms with van der Waals surface area (Å²) in [5.74, 6) is -0.175. The molecule has 0 aliphatic carbocycles. The topological polar surface area (TPSA) is 41.1 Å². The molecule has 110 valence electrons. The van der Waals surface area contributed by atoms with Gasteiger partial charge >= 0.3 is 0 Å². The van der Waals surface area contributed by atoms with Crippen molar-refractivity contribution in [1.29, 1.82) is 0 Å². The Kier molecular flexibility index (Phi) is 4.93. The molecule has 4 heteroatoms. The molecule has 0 heterocycles. The monoisotopic (exact) mass is 286 g/mol. The van der Waals surface area contributed by atoms with Crippen LogP contribution in [-0.4, -0.2) is 12.5 Å². The van der Waals surface area contributed by atoms with Crippen LogP contribution in [0.3, 0.4) is 0 Å². The first-order chi connectivity index (χ1) is 10.0. The molecule has 0 saturated heterocycles. The van der Waals surface area contributed by atoms with Crippen molar-refractivity contribution >= 4 is 17.3 Å². The molecule has 0 aliphatic heterocycles. The van der Waals surface area contributed by atoms with E-state index in [1.165, 1.54) is 18.2 Å². The highest BCUT2D eigenvalue weighted by Crippen LogP contribution is 2.15. The van der Waals surface area contributed by atoms with E-state index in [0.29, 0.717) is 17.2 Å². The van der Waals surface area contributed by atoms with E-state index in [-0.39, 0.29) is 5.91 Å². The van der Waals surface area contributed by atoms with Gasteiger partial charge in [-0.15, -0.1) is 0 Å². The van der Waals surface area contributed by atoms with Gasteiger partial charge in [0, 0.05) is 23.5 Å². The van der Waals surface area contributed by atoms with Crippen molar-refractivity contribution in [3.8, 4) is 0 Å². The van der Waals surface area contributed by atoms with Crippen LogP contribution in [0.25, 0.3) is 0 Å². The fraction of sp³-hybridized carbons (Fsp3) is 0.235. The molecule has 0 fully saturated rings. The Bertz CT molecular complexity index is 608. The summed E-state index contributed by atoms with van der Waals surface area (Å²) in [4.78, 5) is 12.0. The van der Waals surface area contributed by atoms with Gasteiger partial charge in [0.15, 0.2) is 0 Å². The van der Waals surface area contributed by atoms with Gasteiger partial charge < -0.3 is 10.6 Å². The molecule has 0 bridgehead atoms. The first-order valence-corrected chi connectivity index (χ1v) is 6.95. The zero-order valence-electron chi connectivity index (χ0n) is 12.2. The van der Waals surface area contributed by atoms with Gasteiger partial charge in [-0.3, -0.25) is 4.79 Å². The van der Waals surface area contributed by atoms with Gasteiger partial charge in [0.2, 0.25) is 0 Å². The Morgan fingerprint density at radius 1 is 1.10 bits per heavy atom. The quantitative estimate of drug-likeness (QED) is 0.867. The lowest BCUT2D eigenvalue weighted by Crippen LogP contribution is -2.12. The summed E-state index contributed by atoms with van der Waals surface area (Å²) in [6.45, 7) is 5.18. The highest BCUT2D eigenvalue weighted by Gasteiger charge is 2.06. The second kappa shape index (κ2) is 6.88. The lowest BCUT2D eigenvalue weighted by molar-refractivity contribution is 0.102. The Labute approximate surface area is 124 Å². The number of anilines is 2. The summed E-state index contributed by atoms with van der Waals surface area (Å²) in [5, 5.41) is 6.05. The average Bonchev–Trinajstić information content (AvgIpc) is 2.46. The third-order valence-electron chi connectivity index (χ3n) is 2.94. The molecule has 0 aliphatic rings. The van der Waals surface area contributed by atoms with Crippen molar-refractivity contribution < 1.29 is 9.18 Å². The molecule has 2 aromatic rings. The molecule has 0 atom stereocenters. The van der Waals surface area contributed by atoms with E-state index in [1.54, 1.807) is 6.07 Å². The molecule has 0 unspecified atom stereocenters. The SMILES string of the molecule is CC(C)CNc1ccc(NC(=O)c2cccc(F)c2)cc1. The van der Waals surface area contributed by atoms with Gasteiger partial charge in [0.25, 0.3) is 5.91 Å². The molecular formula is C17H19FN2O. The zero-order valence-corrected chi connectivity index (χ0v) is 12.2. The summed E-state index contributed by atoms with van der Waals surface area (Å²) in [6, 6.07) is 13.1. The van der Waals surface area contributed by atoms with Crippen LogP contribution in [0.5, 0.6) is 0 Å². The molecule has 1 amide bonds. The molecule has 0 radical (unpaired) electrons. The first kappa shape index (κ1) is 15.0. The van der Waals surface area contributed by atoms with Crippen molar-refractivity contribution in [2.45, 2.75) is 13.8 Å². The summed E-state index contributed by atoms with van der Waals surface area (Å²) in [5.41, 5.74) is 1.99. The molecule has 3 nitrogen and oxygen atoms in total. The summed E-state index contributed by atoms with van der Waals surface area (Å²) in [7, 11) is 0. The van der Waals surface area contributed by atoms with E-state index >= 15 is 0 Å². The molecule has 0 saturated carbocycles. The Hall–Kier alpha value is -2.36. The van der Waals surface area contributed by atoms with Crippen LogP contribution in [0.2, 0.25) is 0 Å². The van der Waals surface area contributed by atoms with Crippen molar-refractivity contribution in [1.82, 2.24) is 0 Å². The molecule has 21 heavy (non-hydrogen) atoms. The second-order valence-corrected chi connectivity index (χ2v) is 5.32. The van der Waals surface area contributed by atoms with Crippen molar-refractivity contribution in [2.75, 3.05) is 17.2 Å². The van der Waals surface area contributed by atoms with Crippen LogP contribution in [0.15, 0.2) is 48.5 Å². The van der Waals surface area contributed by atoms with Gasteiger partial charge in [0.05, 0.1) is 0 Å². The van der Waals surface area contributed by atoms with Crippen LogP contribution >= 0.6 is 0 Å². The average molecular weight is 286 g/mol. The number of benzene rings is 2. The summed E-state index contributed by atoms with van der Waals surface area (Å²) >= 11 is 0. The number of carbonyl (C=O) groups excluding carboxylic acids is 1. The number of rotatable bonds is 5. The van der Waals surface area contributed by atoms with E-state index in [4.69, 9.17) is 0 Å². The third kappa shape index (κ3) is 4.60. The van der Waals surface area contributed by atoms with Crippen LogP contribution < -0.4 is 10.6 Å². The standard InChI is InChI=1S/C17H19FN2O/c1-12(2)11-19-15-6-8-16(9-7-15)20-17(21)13-4-3-5-14(18)10-13/h3-10,12,19H,11H2,1-2H3,(H,20,21). The molecule has 2 rings (SSSR count). The zero-order chi connectivity index (χ0) is 15.2. The fourth-order valence-corrected chi connectivity index (χ4v) is 1.83. The highest BCUT2D eigenvalue weighted by atomic mass is 19.1. The lowest BCUT2D eigenvalue weighted by Gasteiger charge is -2.10. The number of amides is 1. The Balaban J connectivity index is 1.98. The summed E-state index contributed by atoms with van der Waals surface area (Å²) in [6.07, 6.45) is 0. The predicted molar refractivity (Wildman–Crippen MR) is 84.1 cm³/mol. The van der Waals surface area contributed by atoms with E-state index in [1.807, 2.05) is 24.3 Å². The van der Waals surface area contributed by atoms with E-state index in [9.17, 15) is 9.18 Å². The molecule has 0 aromatic heterocycles. The molecular weight excluding hydrogens is 267 g/mol. The van der Waals surface area contributed by atoms with Crippen LogP contribution in [-0.2, 0) is 0 Å². The largest absolute Gasteiger partial charge is 0.385 e. The van der Waals surface area contributed by atoms with Gasteiger partial charge in [-0.25, -0.2) is 4.39 Å². The van der Waals surface area contributed by atoms with Gasteiger partial charge in [-0.05, 0) is 48.4 Å². The van der Waals surface area contributed by atoms with Crippen molar-refractivity contribution in [2.24, 2.45) is 5.92 Å². The predicted octanol–water partition coefficient (Wildman–Crippen LogP) is 4.15. The van der Waals surface area contributed by atoms with Gasteiger partial charge in [-0.1, -0.05) is 19.9 Å².